The highest BCUT2D eigenvalue weighted by atomic mass is 32.2. The van der Waals surface area contributed by atoms with Crippen molar-refractivity contribution in [2.75, 3.05) is 12.3 Å². The first-order chi connectivity index (χ1) is 11.8. The van der Waals surface area contributed by atoms with E-state index in [0.717, 1.165) is 29.1 Å². The molecular formula is C19H22N2O2S. The number of hydrogen-bond acceptors (Lipinski definition) is 4. The minimum atomic E-state index is -0.176. The zero-order chi connectivity index (χ0) is 16.8. The van der Waals surface area contributed by atoms with Gasteiger partial charge in [0.05, 0.1) is 0 Å². The average Bonchev–Trinajstić information content (AvgIpc) is 2.82. The number of rotatable bonds is 5. The van der Waals surface area contributed by atoms with E-state index in [4.69, 9.17) is 10.5 Å². The van der Waals surface area contributed by atoms with Gasteiger partial charge in [0.25, 0.3) is 0 Å². The molecule has 0 unspecified atom stereocenters. The molecule has 0 saturated carbocycles. The van der Waals surface area contributed by atoms with Gasteiger partial charge in [-0.25, -0.2) is 0 Å². The fourth-order valence-electron chi connectivity index (χ4n) is 2.66. The van der Waals surface area contributed by atoms with E-state index in [0.29, 0.717) is 13.2 Å². The van der Waals surface area contributed by atoms with Crippen molar-refractivity contribution >= 4 is 17.7 Å². The second-order valence-electron chi connectivity index (χ2n) is 5.82. The van der Waals surface area contributed by atoms with Crippen LogP contribution in [0.4, 0.5) is 0 Å². The number of hydrogen-bond donors (Lipinski definition) is 2. The summed E-state index contributed by atoms with van der Waals surface area (Å²) in [6.07, 6.45) is 0.918. The number of carbonyl (C=O) groups excluding carboxylic acids is 1. The molecule has 0 aliphatic carbocycles. The second-order valence-corrected chi connectivity index (χ2v) is 7.04. The van der Waals surface area contributed by atoms with Crippen molar-refractivity contribution in [3.05, 3.63) is 65.7 Å². The third-order valence-corrected chi connectivity index (χ3v) is 5.34. The Kier molecular flexibility index (Phi) is 5.77. The molecule has 1 amide bonds. The van der Waals surface area contributed by atoms with Crippen LogP contribution in [0.5, 0.6) is 5.75 Å². The summed E-state index contributed by atoms with van der Waals surface area (Å²) in [5.74, 6) is 1.78. The number of carbonyl (C=O) groups is 1. The van der Waals surface area contributed by atoms with Gasteiger partial charge in [-0.15, -0.1) is 11.8 Å². The normalized spacial score (nSPS) is 21.0. The lowest BCUT2D eigenvalue weighted by Gasteiger charge is -2.16. The second kappa shape index (κ2) is 8.22. The summed E-state index contributed by atoms with van der Waals surface area (Å²) < 4.78 is 5.80. The van der Waals surface area contributed by atoms with Gasteiger partial charge in [-0.05, 0) is 35.4 Å². The Morgan fingerprint density at radius 1 is 1.12 bits per heavy atom. The van der Waals surface area contributed by atoms with Crippen molar-refractivity contribution in [1.82, 2.24) is 5.32 Å². The van der Waals surface area contributed by atoms with E-state index in [9.17, 15) is 4.79 Å². The number of thioether (sulfide) groups is 1. The maximum Gasteiger partial charge on any atom is 0.237 e. The molecule has 0 bridgehead atoms. The minimum Gasteiger partial charge on any atom is -0.489 e. The van der Waals surface area contributed by atoms with Crippen LogP contribution in [0, 0.1) is 0 Å². The van der Waals surface area contributed by atoms with Crippen LogP contribution < -0.4 is 15.8 Å². The molecule has 0 spiro atoms. The molecule has 4 nitrogen and oxygen atoms in total. The van der Waals surface area contributed by atoms with E-state index in [1.54, 1.807) is 11.8 Å². The van der Waals surface area contributed by atoms with Gasteiger partial charge in [-0.3, -0.25) is 4.79 Å². The number of benzene rings is 2. The molecule has 5 heteroatoms. The zero-order valence-electron chi connectivity index (χ0n) is 13.5. The highest BCUT2D eigenvalue weighted by molar-refractivity contribution is 8.00. The van der Waals surface area contributed by atoms with Crippen LogP contribution in [0.2, 0.25) is 0 Å². The standard InChI is InChI=1S/C19H22N2O2S/c20-12-16-10-11-24-18(19(22)21-16)15-6-8-17(9-7-15)23-13-14-4-2-1-3-5-14/h1-9,16,18H,10-13,20H2,(H,21,22)/t16-,18+/m0/s1. The molecule has 1 saturated heterocycles. The lowest BCUT2D eigenvalue weighted by molar-refractivity contribution is -0.121. The van der Waals surface area contributed by atoms with Crippen LogP contribution >= 0.6 is 11.8 Å². The maximum atomic E-state index is 12.4. The Labute approximate surface area is 146 Å². The van der Waals surface area contributed by atoms with Gasteiger partial charge in [0.2, 0.25) is 5.91 Å². The lowest BCUT2D eigenvalue weighted by Crippen LogP contribution is -2.40. The monoisotopic (exact) mass is 342 g/mol. The molecule has 2 atom stereocenters. The molecule has 3 rings (SSSR count). The first-order valence-corrected chi connectivity index (χ1v) is 9.20. The molecule has 0 radical (unpaired) electrons. The number of nitrogens with two attached hydrogens (primary N) is 1. The van der Waals surface area contributed by atoms with Gasteiger partial charge < -0.3 is 15.8 Å². The zero-order valence-corrected chi connectivity index (χ0v) is 14.3. The Morgan fingerprint density at radius 2 is 1.88 bits per heavy atom. The molecule has 1 fully saturated rings. The summed E-state index contributed by atoms with van der Waals surface area (Å²) in [5, 5.41) is 2.85. The topological polar surface area (TPSA) is 64.3 Å². The SMILES string of the molecule is NC[C@@H]1CCS[C@H](c2ccc(OCc3ccccc3)cc2)C(=O)N1. The average molecular weight is 342 g/mol. The van der Waals surface area contributed by atoms with Crippen molar-refractivity contribution in [1.29, 1.82) is 0 Å². The predicted molar refractivity (Wildman–Crippen MR) is 98.0 cm³/mol. The maximum absolute atomic E-state index is 12.4. The Morgan fingerprint density at radius 3 is 2.58 bits per heavy atom. The van der Waals surface area contributed by atoms with Crippen molar-refractivity contribution in [3.63, 3.8) is 0 Å². The molecule has 3 N–H and O–H groups in total. The van der Waals surface area contributed by atoms with E-state index < -0.39 is 0 Å². The Bertz CT molecular complexity index is 661. The summed E-state index contributed by atoms with van der Waals surface area (Å²) in [4.78, 5) is 12.4. The van der Waals surface area contributed by atoms with Gasteiger partial charge in [0.15, 0.2) is 0 Å². The van der Waals surface area contributed by atoms with Gasteiger partial charge >= 0.3 is 0 Å². The molecule has 24 heavy (non-hydrogen) atoms. The quantitative estimate of drug-likeness (QED) is 0.877. The predicted octanol–water partition coefficient (Wildman–Crippen LogP) is 2.89. The van der Waals surface area contributed by atoms with Crippen LogP contribution in [-0.4, -0.2) is 24.2 Å². The summed E-state index contributed by atoms with van der Waals surface area (Å²) in [5.41, 5.74) is 7.81. The number of amides is 1. The Balaban J connectivity index is 1.62. The third kappa shape index (κ3) is 4.30. The van der Waals surface area contributed by atoms with Crippen molar-refractivity contribution in [2.45, 2.75) is 24.3 Å². The minimum absolute atomic E-state index is 0.0471. The van der Waals surface area contributed by atoms with Crippen LogP contribution in [0.15, 0.2) is 54.6 Å². The summed E-state index contributed by atoms with van der Waals surface area (Å²) in [6, 6.07) is 17.9. The van der Waals surface area contributed by atoms with Crippen molar-refractivity contribution in [3.8, 4) is 5.75 Å². The van der Waals surface area contributed by atoms with Crippen LogP contribution in [0.1, 0.15) is 22.8 Å². The van der Waals surface area contributed by atoms with Crippen molar-refractivity contribution in [2.24, 2.45) is 5.73 Å². The first-order valence-electron chi connectivity index (χ1n) is 8.15. The van der Waals surface area contributed by atoms with Gasteiger partial charge in [-0.2, -0.15) is 0 Å². The number of nitrogens with one attached hydrogen (secondary N) is 1. The summed E-state index contributed by atoms with van der Waals surface area (Å²) in [7, 11) is 0. The van der Waals surface area contributed by atoms with E-state index in [1.807, 2.05) is 54.6 Å². The smallest absolute Gasteiger partial charge is 0.237 e. The first kappa shape index (κ1) is 16.9. The highest BCUT2D eigenvalue weighted by Gasteiger charge is 2.26. The van der Waals surface area contributed by atoms with E-state index in [2.05, 4.69) is 5.32 Å². The van der Waals surface area contributed by atoms with Gasteiger partial charge in [-0.1, -0.05) is 42.5 Å². The molecule has 1 aliphatic rings. The lowest BCUT2D eigenvalue weighted by atomic mass is 10.1. The summed E-state index contributed by atoms with van der Waals surface area (Å²) in [6.45, 7) is 1.03. The third-order valence-electron chi connectivity index (χ3n) is 4.05. The van der Waals surface area contributed by atoms with E-state index in [-0.39, 0.29) is 17.2 Å². The van der Waals surface area contributed by atoms with Crippen LogP contribution in [0.25, 0.3) is 0 Å². The molecule has 1 heterocycles. The fourth-order valence-corrected chi connectivity index (χ4v) is 3.88. The summed E-state index contributed by atoms with van der Waals surface area (Å²) >= 11 is 1.67. The largest absolute Gasteiger partial charge is 0.489 e. The highest BCUT2D eigenvalue weighted by Crippen LogP contribution is 2.33. The Hall–Kier alpha value is -1.98. The van der Waals surface area contributed by atoms with Crippen molar-refractivity contribution < 1.29 is 9.53 Å². The van der Waals surface area contributed by atoms with Crippen LogP contribution in [0.3, 0.4) is 0 Å². The van der Waals surface area contributed by atoms with Crippen LogP contribution in [-0.2, 0) is 11.4 Å². The molecule has 2 aromatic rings. The number of ether oxygens (including phenoxy) is 1. The molecular weight excluding hydrogens is 320 g/mol. The van der Waals surface area contributed by atoms with E-state index >= 15 is 0 Å². The molecule has 0 aromatic heterocycles. The molecule has 126 valence electrons. The van der Waals surface area contributed by atoms with E-state index in [1.165, 1.54) is 0 Å². The molecule has 1 aliphatic heterocycles. The van der Waals surface area contributed by atoms with Gasteiger partial charge in [0.1, 0.15) is 17.6 Å². The fraction of sp³-hybridized carbons (Fsp3) is 0.316. The van der Waals surface area contributed by atoms with Gasteiger partial charge in [0, 0.05) is 12.6 Å². The molecule has 2 aromatic carbocycles.